The molecule has 0 aliphatic rings. The second-order valence-electron chi connectivity index (χ2n) is 8.76. The van der Waals surface area contributed by atoms with Gasteiger partial charge < -0.3 is 9.47 Å². The minimum absolute atomic E-state index is 0.140. The van der Waals surface area contributed by atoms with Crippen molar-refractivity contribution in [2.24, 2.45) is 5.41 Å². The molecular weight excluding hydrogens is 308 g/mol. The van der Waals surface area contributed by atoms with Crippen LogP contribution < -0.4 is 9.47 Å². The summed E-state index contributed by atoms with van der Waals surface area (Å²) < 4.78 is 11.7. The van der Waals surface area contributed by atoms with Crippen LogP contribution in [0.4, 0.5) is 0 Å². The fourth-order valence-corrected chi connectivity index (χ4v) is 3.44. The fourth-order valence-electron chi connectivity index (χ4n) is 3.44. The van der Waals surface area contributed by atoms with E-state index in [1.807, 2.05) is 43.3 Å². The lowest BCUT2D eigenvalue weighted by atomic mass is 9.72. The SMILES string of the molecule is Cc1ccc(OC(C)Oc2ccc(C(C)(C)CC(C)(C)C)cc2)cc1. The molecule has 1 unspecified atom stereocenters. The maximum absolute atomic E-state index is 5.89. The van der Waals surface area contributed by atoms with E-state index in [0.717, 1.165) is 17.9 Å². The van der Waals surface area contributed by atoms with Gasteiger partial charge in [0.2, 0.25) is 6.29 Å². The molecule has 2 rings (SSSR count). The van der Waals surface area contributed by atoms with E-state index < -0.39 is 0 Å². The van der Waals surface area contributed by atoms with E-state index >= 15 is 0 Å². The third-order valence-corrected chi connectivity index (χ3v) is 4.23. The molecule has 2 aromatic rings. The van der Waals surface area contributed by atoms with E-state index in [9.17, 15) is 0 Å². The van der Waals surface area contributed by atoms with Gasteiger partial charge in [-0.05, 0) is 54.0 Å². The number of hydrogen-bond acceptors (Lipinski definition) is 2. The first-order chi connectivity index (χ1) is 11.5. The predicted octanol–water partition coefficient (Wildman–Crippen LogP) is 6.51. The molecule has 0 aliphatic carbocycles. The van der Waals surface area contributed by atoms with Crippen LogP contribution in [0.5, 0.6) is 11.5 Å². The Morgan fingerprint density at radius 1 is 0.760 bits per heavy atom. The Morgan fingerprint density at radius 3 is 1.64 bits per heavy atom. The Kier molecular flexibility index (Phi) is 5.82. The van der Waals surface area contributed by atoms with E-state index in [1.54, 1.807) is 0 Å². The van der Waals surface area contributed by atoms with Gasteiger partial charge in [-0.25, -0.2) is 0 Å². The van der Waals surface area contributed by atoms with Gasteiger partial charge in [-0.1, -0.05) is 64.4 Å². The van der Waals surface area contributed by atoms with Crippen LogP contribution in [0.3, 0.4) is 0 Å². The molecule has 0 fully saturated rings. The van der Waals surface area contributed by atoms with Crippen LogP contribution in [0, 0.1) is 12.3 Å². The monoisotopic (exact) mass is 340 g/mol. The summed E-state index contributed by atoms with van der Waals surface area (Å²) >= 11 is 0. The molecule has 0 radical (unpaired) electrons. The fraction of sp³-hybridized carbons (Fsp3) is 0.478. The Hall–Kier alpha value is -1.96. The Balaban J connectivity index is 1.98. The van der Waals surface area contributed by atoms with Gasteiger partial charge in [0, 0.05) is 6.92 Å². The first kappa shape index (κ1) is 19.4. The molecule has 2 aromatic carbocycles. The number of benzene rings is 2. The highest BCUT2D eigenvalue weighted by atomic mass is 16.7. The Bertz CT molecular complexity index is 661. The molecule has 2 nitrogen and oxygen atoms in total. The standard InChI is InChI=1S/C23H32O2/c1-17-8-12-20(13-9-17)24-18(2)25-21-14-10-19(11-15-21)23(6,7)16-22(3,4)5/h8-15,18H,16H2,1-7H3. The minimum Gasteiger partial charge on any atom is -0.455 e. The lowest BCUT2D eigenvalue weighted by molar-refractivity contribution is 0.0223. The summed E-state index contributed by atoms with van der Waals surface area (Å²) in [5.41, 5.74) is 2.99. The van der Waals surface area contributed by atoms with Crippen molar-refractivity contribution >= 4 is 0 Å². The van der Waals surface area contributed by atoms with Gasteiger partial charge in [-0.15, -0.1) is 0 Å². The maximum atomic E-state index is 5.89. The summed E-state index contributed by atoms with van der Waals surface area (Å²) in [6.07, 6.45) is 0.795. The van der Waals surface area contributed by atoms with Crippen molar-refractivity contribution in [3.8, 4) is 11.5 Å². The molecule has 0 saturated carbocycles. The van der Waals surface area contributed by atoms with E-state index in [1.165, 1.54) is 11.1 Å². The van der Waals surface area contributed by atoms with Gasteiger partial charge in [-0.3, -0.25) is 0 Å². The zero-order valence-electron chi connectivity index (χ0n) is 16.7. The Morgan fingerprint density at radius 2 is 1.20 bits per heavy atom. The van der Waals surface area contributed by atoms with Crippen molar-refractivity contribution in [2.75, 3.05) is 0 Å². The summed E-state index contributed by atoms with van der Waals surface area (Å²) in [7, 11) is 0. The molecule has 0 saturated heterocycles. The zero-order valence-corrected chi connectivity index (χ0v) is 16.7. The van der Waals surface area contributed by atoms with Crippen molar-refractivity contribution < 1.29 is 9.47 Å². The van der Waals surface area contributed by atoms with E-state index in [2.05, 4.69) is 53.7 Å². The van der Waals surface area contributed by atoms with Crippen LogP contribution >= 0.6 is 0 Å². The summed E-state index contributed by atoms with van der Waals surface area (Å²) in [5, 5.41) is 0. The molecule has 2 heteroatoms. The lowest BCUT2D eigenvalue weighted by Gasteiger charge is -2.33. The number of aryl methyl sites for hydroxylation is 1. The third-order valence-electron chi connectivity index (χ3n) is 4.23. The topological polar surface area (TPSA) is 18.5 Å². The number of rotatable bonds is 6. The molecular formula is C23H32O2. The van der Waals surface area contributed by atoms with Crippen molar-refractivity contribution in [3.63, 3.8) is 0 Å². The molecule has 0 heterocycles. The summed E-state index contributed by atoms with van der Waals surface area (Å²) in [4.78, 5) is 0. The highest BCUT2D eigenvalue weighted by Crippen LogP contribution is 2.36. The number of ether oxygens (including phenoxy) is 2. The molecule has 1 atom stereocenters. The highest BCUT2D eigenvalue weighted by Gasteiger charge is 2.27. The van der Waals surface area contributed by atoms with Crippen LogP contribution in [0.2, 0.25) is 0 Å². The molecule has 0 aliphatic heterocycles. The van der Waals surface area contributed by atoms with Gasteiger partial charge in [0.1, 0.15) is 11.5 Å². The summed E-state index contributed by atoms with van der Waals surface area (Å²) in [6.45, 7) is 15.4. The first-order valence-corrected chi connectivity index (χ1v) is 9.06. The molecule has 0 bridgehead atoms. The van der Waals surface area contributed by atoms with Gasteiger partial charge in [-0.2, -0.15) is 0 Å². The molecule has 25 heavy (non-hydrogen) atoms. The average Bonchev–Trinajstić information content (AvgIpc) is 2.48. The van der Waals surface area contributed by atoms with E-state index in [-0.39, 0.29) is 11.7 Å². The average molecular weight is 341 g/mol. The van der Waals surface area contributed by atoms with E-state index in [4.69, 9.17) is 9.47 Å². The Labute approximate surface area is 153 Å². The van der Waals surface area contributed by atoms with Gasteiger partial charge in [0.15, 0.2) is 0 Å². The van der Waals surface area contributed by atoms with Crippen LogP contribution in [0.15, 0.2) is 48.5 Å². The van der Waals surface area contributed by atoms with Crippen molar-refractivity contribution in [2.45, 2.75) is 66.6 Å². The van der Waals surface area contributed by atoms with Gasteiger partial charge in [0.25, 0.3) is 0 Å². The molecule has 0 spiro atoms. The molecule has 136 valence electrons. The highest BCUT2D eigenvalue weighted by molar-refractivity contribution is 5.32. The zero-order chi connectivity index (χ0) is 18.7. The van der Waals surface area contributed by atoms with Gasteiger partial charge >= 0.3 is 0 Å². The van der Waals surface area contributed by atoms with Crippen LogP contribution in [0.25, 0.3) is 0 Å². The minimum atomic E-state index is -0.337. The van der Waals surface area contributed by atoms with Gasteiger partial charge in [0.05, 0.1) is 0 Å². The molecule has 0 aromatic heterocycles. The number of hydrogen-bond donors (Lipinski definition) is 0. The molecule has 0 amide bonds. The van der Waals surface area contributed by atoms with Crippen LogP contribution in [-0.4, -0.2) is 6.29 Å². The maximum Gasteiger partial charge on any atom is 0.238 e. The quantitative estimate of drug-likeness (QED) is 0.558. The van der Waals surface area contributed by atoms with Crippen molar-refractivity contribution in [3.05, 3.63) is 59.7 Å². The third kappa shape index (κ3) is 6.12. The predicted molar refractivity (Wildman–Crippen MR) is 105 cm³/mol. The van der Waals surface area contributed by atoms with E-state index in [0.29, 0.717) is 5.41 Å². The van der Waals surface area contributed by atoms with Crippen LogP contribution in [-0.2, 0) is 5.41 Å². The lowest BCUT2D eigenvalue weighted by Crippen LogP contribution is -2.24. The van der Waals surface area contributed by atoms with Crippen molar-refractivity contribution in [1.29, 1.82) is 0 Å². The smallest absolute Gasteiger partial charge is 0.238 e. The normalized spacial score (nSPS) is 13.4. The largest absolute Gasteiger partial charge is 0.455 e. The van der Waals surface area contributed by atoms with Crippen molar-refractivity contribution in [1.82, 2.24) is 0 Å². The molecule has 0 N–H and O–H groups in total. The second kappa shape index (κ2) is 7.51. The second-order valence-corrected chi connectivity index (χ2v) is 8.76. The van der Waals surface area contributed by atoms with Crippen LogP contribution in [0.1, 0.15) is 59.1 Å². The summed E-state index contributed by atoms with van der Waals surface area (Å²) in [5.74, 6) is 1.65. The first-order valence-electron chi connectivity index (χ1n) is 9.06. The summed E-state index contributed by atoms with van der Waals surface area (Å²) in [6, 6.07) is 16.4.